The van der Waals surface area contributed by atoms with Gasteiger partial charge in [0.25, 0.3) is 0 Å². The fourth-order valence-corrected chi connectivity index (χ4v) is 3.02. The van der Waals surface area contributed by atoms with Gasteiger partial charge in [-0.25, -0.2) is 0 Å². The second-order valence-electron chi connectivity index (χ2n) is 5.28. The number of nitrogens with zero attached hydrogens (tertiary/aromatic N) is 2. The number of anilines is 1. The van der Waals surface area contributed by atoms with E-state index in [2.05, 4.69) is 20.9 Å². The van der Waals surface area contributed by atoms with E-state index in [0.717, 1.165) is 21.1 Å². The Morgan fingerprint density at radius 3 is 2.74 bits per heavy atom. The SMILES string of the molecule is CN(CC(C)(C)O)c1ccnc2c(Cl)cc(Br)cc12. The highest BCUT2D eigenvalue weighted by molar-refractivity contribution is 9.10. The van der Waals surface area contributed by atoms with Crippen LogP contribution in [0.3, 0.4) is 0 Å². The van der Waals surface area contributed by atoms with Gasteiger partial charge >= 0.3 is 0 Å². The van der Waals surface area contributed by atoms with E-state index in [-0.39, 0.29) is 0 Å². The molecule has 19 heavy (non-hydrogen) atoms. The maximum atomic E-state index is 9.94. The normalized spacial score (nSPS) is 11.9. The van der Waals surface area contributed by atoms with Crippen molar-refractivity contribution in [3.05, 3.63) is 33.9 Å². The summed E-state index contributed by atoms with van der Waals surface area (Å²) in [6, 6.07) is 5.75. The zero-order valence-corrected chi connectivity index (χ0v) is 13.5. The van der Waals surface area contributed by atoms with Crippen molar-refractivity contribution in [3.8, 4) is 0 Å². The molecule has 0 aliphatic rings. The van der Waals surface area contributed by atoms with E-state index in [1.807, 2.05) is 30.1 Å². The molecule has 0 saturated carbocycles. The third kappa shape index (κ3) is 3.38. The van der Waals surface area contributed by atoms with Crippen LogP contribution in [0.2, 0.25) is 5.02 Å². The van der Waals surface area contributed by atoms with Gasteiger partial charge in [0.15, 0.2) is 0 Å². The average Bonchev–Trinajstić information content (AvgIpc) is 2.25. The second kappa shape index (κ2) is 5.27. The predicted molar refractivity (Wildman–Crippen MR) is 84.0 cm³/mol. The van der Waals surface area contributed by atoms with Crippen molar-refractivity contribution in [1.82, 2.24) is 4.98 Å². The Morgan fingerprint density at radius 2 is 2.11 bits per heavy atom. The molecular weight excluding hydrogens is 328 g/mol. The Kier molecular flexibility index (Phi) is 4.04. The first kappa shape index (κ1) is 14.6. The van der Waals surface area contributed by atoms with Crippen LogP contribution in [0, 0.1) is 0 Å². The Morgan fingerprint density at radius 1 is 1.42 bits per heavy atom. The van der Waals surface area contributed by atoms with E-state index >= 15 is 0 Å². The second-order valence-corrected chi connectivity index (χ2v) is 6.61. The van der Waals surface area contributed by atoms with Crippen LogP contribution in [-0.4, -0.2) is 29.3 Å². The molecule has 0 fully saturated rings. The van der Waals surface area contributed by atoms with Crippen LogP contribution in [0.5, 0.6) is 0 Å². The highest BCUT2D eigenvalue weighted by Crippen LogP contribution is 2.32. The first-order valence-corrected chi connectivity index (χ1v) is 7.12. The molecule has 0 bridgehead atoms. The van der Waals surface area contributed by atoms with Crippen molar-refractivity contribution in [3.63, 3.8) is 0 Å². The van der Waals surface area contributed by atoms with E-state index in [1.54, 1.807) is 20.0 Å². The van der Waals surface area contributed by atoms with E-state index in [9.17, 15) is 5.11 Å². The Hall–Kier alpha value is -0.840. The smallest absolute Gasteiger partial charge is 0.0909 e. The number of pyridine rings is 1. The van der Waals surface area contributed by atoms with Crippen molar-refractivity contribution in [2.75, 3.05) is 18.5 Å². The Balaban J connectivity index is 2.55. The largest absolute Gasteiger partial charge is 0.389 e. The number of rotatable bonds is 3. The van der Waals surface area contributed by atoms with Gasteiger partial charge in [-0.05, 0) is 32.0 Å². The number of hydrogen-bond donors (Lipinski definition) is 1. The van der Waals surface area contributed by atoms with Gasteiger partial charge < -0.3 is 10.0 Å². The fourth-order valence-electron chi connectivity index (χ4n) is 2.16. The van der Waals surface area contributed by atoms with Gasteiger partial charge in [0.2, 0.25) is 0 Å². The highest BCUT2D eigenvalue weighted by atomic mass is 79.9. The van der Waals surface area contributed by atoms with Gasteiger partial charge in [0.05, 0.1) is 16.1 Å². The molecule has 2 aromatic rings. The van der Waals surface area contributed by atoms with Crippen LogP contribution in [0.25, 0.3) is 10.9 Å². The zero-order valence-electron chi connectivity index (χ0n) is 11.1. The lowest BCUT2D eigenvalue weighted by Crippen LogP contribution is -2.36. The quantitative estimate of drug-likeness (QED) is 0.919. The molecule has 102 valence electrons. The first-order chi connectivity index (χ1) is 8.78. The summed E-state index contributed by atoms with van der Waals surface area (Å²) in [5, 5.41) is 11.5. The summed E-state index contributed by atoms with van der Waals surface area (Å²) in [6.07, 6.45) is 1.73. The van der Waals surface area contributed by atoms with Crippen molar-refractivity contribution in [1.29, 1.82) is 0 Å². The Bertz CT molecular complexity index is 610. The molecule has 0 spiro atoms. The van der Waals surface area contributed by atoms with E-state index in [4.69, 9.17) is 11.6 Å². The average molecular weight is 344 g/mol. The third-order valence-corrected chi connectivity index (χ3v) is 3.52. The summed E-state index contributed by atoms with van der Waals surface area (Å²) >= 11 is 9.66. The van der Waals surface area contributed by atoms with Crippen LogP contribution in [-0.2, 0) is 0 Å². The molecule has 2 rings (SSSR count). The number of halogens is 2. The fraction of sp³-hybridized carbons (Fsp3) is 0.357. The molecule has 3 nitrogen and oxygen atoms in total. The number of aliphatic hydroxyl groups is 1. The van der Waals surface area contributed by atoms with Crippen LogP contribution in [0.15, 0.2) is 28.9 Å². The lowest BCUT2D eigenvalue weighted by atomic mass is 10.1. The minimum absolute atomic E-state index is 0.524. The van der Waals surface area contributed by atoms with Crippen molar-refractivity contribution in [2.45, 2.75) is 19.4 Å². The molecule has 5 heteroatoms. The molecule has 1 N–H and O–H groups in total. The molecule has 0 amide bonds. The number of likely N-dealkylation sites (N-methyl/N-ethyl adjacent to an activating group) is 1. The number of aromatic nitrogens is 1. The monoisotopic (exact) mass is 342 g/mol. The standard InChI is InChI=1S/C14H16BrClN2O/c1-14(2,19)8-18(3)12-4-5-17-13-10(12)6-9(15)7-11(13)16/h4-7,19H,8H2,1-3H3. The first-order valence-electron chi connectivity index (χ1n) is 5.95. The van der Waals surface area contributed by atoms with Crippen LogP contribution in [0.4, 0.5) is 5.69 Å². The highest BCUT2D eigenvalue weighted by Gasteiger charge is 2.18. The molecule has 1 heterocycles. The zero-order chi connectivity index (χ0) is 14.2. The summed E-state index contributed by atoms with van der Waals surface area (Å²) in [5.41, 5.74) is 1.00. The van der Waals surface area contributed by atoms with Crippen LogP contribution < -0.4 is 4.90 Å². The van der Waals surface area contributed by atoms with E-state index in [1.165, 1.54) is 0 Å². The van der Waals surface area contributed by atoms with Gasteiger partial charge in [-0.1, -0.05) is 27.5 Å². The summed E-state index contributed by atoms with van der Waals surface area (Å²) in [7, 11) is 1.95. The van der Waals surface area contributed by atoms with Gasteiger partial charge in [0.1, 0.15) is 0 Å². The minimum atomic E-state index is -0.764. The summed E-state index contributed by atoms with van der Waals surface area (Å²) in [5.74, 6) is 0. The third-order valence-electron chi connectivity index (χ3n) is 2.78. The van der Waals surface area contributed by atoms with Gasteiger partial charge in [0, 0.05) is 35.3 Å². The lowest BCUT2D eigenvalue weighted by molar-refractivity contribution is 0.0887. The Labute approximate surface area is 126 Å². The molecule has 1 aromatic carbocycles. The maximum Gasteiger partial charge on any atom is 0.0909 e. The topological polar surface area (TPSA) is 36.4 Å². The lowest BCUT2D eigenvalue weighted by Gasteiger charge is -2.28. The maximum absolute atomic E-state index is 9.94. The van der Waals surface area contributed by atoms with Crippen molar-refractivity contribution >= 4 is 44.1 Å². The molecule has 0 radical (unpaired) electrons. The predicted octanol–water partition coefficient (Wildman–Crippen LogP) is 3.86. The number of hydrogen-bond acceptors (Lipinski definition) is 3. The molecule has 0 unspecified atom stereocenters. The summed E-state index contributed by atoms with van der Waals surface area (Å²) in [4.78, 5) is 6.33. The molecule has 0 atom stereocenters. The van der Waals surface area contributed by atoms with Crippen LogP contribution >= 0.6 is 27.5 Å². The molecule has 0 aliphatic heterocycles. The van der Waals surface area contributed by atoms with Gasteiger partial charge in [-0.2, -0.15) is 0 Å². The van der Waals surface area contributed by atoms with Crippen molar-refractivity contribution in [2.24, 2.45) is 0 Å². The van der Waals surface area contributed by atoms with Crippen molar-refractivity contribution < 1.29 is 5.11 Å². The molecule has 1 aromatic heterocycles. The number of benzene rings is 1. The van der Waals surface area contributed by atoms with Gasteiger partial charge in [-0.3, -0.25) is 4.98 Å². The molecular formula is C14H16BrClN2O. The minimum Gasteiger partial charge on any atom is -0.389 e. The van der Waals surface area contributed by atoms with Gasteiger partial charge in [-0.15, -0.1) is 0 Å². The molecule has 0 saturated heterocycles. The van der Waals surface area contributed by atoms with E-state index in [0.29, 0.717) is 11.6 Å². The van der Waals surface area contributed by atoms with E-state index < -0.39 is 5.60 Å². The molecule has 0 aliphatic carbocycles. The summed E-state index contributed by atoms with van der Waals surface area (Å²) < 4.78 is 0.913. The van der Waals surface area contributed by atoms with Crippen LogP contribution in [0.1, 0.15) is 13.8 Å². The number of fused-ring (bicyclic) bond motifs is 1. The summed E-state index contributed by atoms with van der Waals surface area (Å²) in [6.45, 7) is 4.10.